The van der Waals surface area contributed by atoms with Crippen molar-refractivity contribution in [3.8, 4) is 6.07 Å². The molecule has 14 heavy (non-hydrogen) atoms. The summed E-state index contributed by atoms with van der Waals surface area (Å²) in [7, 11) is 0. The van der Waals surface area contributed by atoms with Crippen molar-refractivity contribution in [1.82, 2.24) is 0 Å². The van der Waals surface area contributed by atoms with Crippen molar-refractivity contribution < 1.29 is 9.84 Å². The van der Waals surface area contributed by atoms with Gasteiger partial charge in [-0.15, -0.1) is 0 Å². The van der Waals surface area contributed by atoms with Gasteiger partial charge in [-0.25, -0.2) is 0 Å². The molecule has 1 N–H and O–H groups in total. The Balaban J connectivity index is 2.30. The van der Waals surface area contributed by atoms with Crippen LogP contribution >= 0.6 is 0 Å². The molecule has 0 saturated heterocycles. The highest BCUT2D eigenvalue weighted by Crippen LogP contribution is 2.33. The maximum absolute atomic E-state index is 8.82. The Hall–Kier alpha value is -1.37. The number of aliphatic hydroxyl groups excluding tert-OH is 1. The van der Waals surface area contributed by atoms with Crippen LogP contribution in [0.1, 0.15) is 29.2 Å². The zero-order chi connectivity index (χ0) is 9.97. The summed E-state index contributed by atoms with van der Waals surface area (Å²) in [6.45, 7) is 0.680. The predicted molar refractivity (Wildman–Crippen MR) is 50.4 cm³/mol. The summed E-state index contributed by atoms with van der Waals surface area (Å²) in [6, 6.07) is 7.66. The molecular weight excluding hydrogens is 178 g/mol. The minimum absolute atomic E-state index is 0.00254. The third-order valence-electron chi connectivity index (χ3n) is 2.45. The first kappa shape index (κ1) is 9.20. The SMILES string of the molecule is N#Cc1ccc2c(c1)COC2CCO. The van der Waals surface area contributed by atoms with Gasteiger partial charge in [-0.1, -0.05) is 6.07 Å². The van der Waals surface area contributed by atoms with E-state index in [1.807, 2.05) is 12.1 Å². The van der Waals surface area contributed by atoms with Crippen LogP contribution in [0.15, 0.2) is 18.2 Å². The molecule has 0 amide bonds. The van der Waals surface area contributed by atoms with E-state index in [2.05, 4.69) is 6.07 Å². The molecule has 0 spiro atoms. The van der Waals surface area contributed by atoms with Gasteiger partial charge in [0.05, 0.1) is 24.3 Å². The number of ether oxygens (including phenoxy) is 1. The molecule has 1 atom stereocenters. The summed E-state index contributed by atoms with van der Waals surface area (Å²) in [6.07, 6.45) is 0.626. The first-order chi connectivity index (χ1) is 6.85. The Kier molecular flexibility index (Phi) is 2.49. The van der Waals surface area contributed by atoms with Crippen molar-refractivity contribution in [2.75, 3.05) is 6.61 Å². The van der Waals surface area contributed by atoms with E-state index >= 15 is 0 Å². The molecule has 0 radical (unpaired) electrons. The Labute approximate surface area is 82.6 Å². The number of benzene rings is 1. The van der Waals surface area contributed by atoms with E-state index < -0.39 is 0 Å². The molecular formula is C11H11NO2. The Morgan fingerprint density at radius 3 is 3.14 bits per heavy atom. The number of hydrogen-bond acceptors (Lipinski definition) is 3. The van der Waals surface area contributed by atoms with E-state index in [4.69, 9.17) is 15.1 Å². The maximum Gasteiger partial charge on any atom is 0.0991 e. The number of fused-ring (bicyclic) bond motifs is 1. The van der Waals surface area contributed by atoms with Crippen LogP contribution in [-0.4, -0.2) is 11.7 Å². The number of aliphatic hydroxyl groups is 1. The van der Waals surface area contributed by atoms with Crippen molar-refractivity contribution >= 4 is 0 Å². The van der Waals surface area contributed by atoms with E-state index in [0.29, 0.717) is 18.6 Å². The van der Waals surface area contributed by atoms with Gasteiger partial charge in [-0.2, -0.15) is 5.26 Å². The van der Waals surface area contributed by atoms with Crippen molar-refractivity contribution in [3.05, 3.63) is 34.9 Å². The van der Waals surface area contributed by atoms with Crippen molar-refractivity contribution in [1.29, 1.82) is 5.26 Å². The second-order valence-corrected chi connectivity index (χ2v) is 3.34. The fourth-order valence-corrected chi connectivity index (χ4v) is 1.75. The Morgan fingerprint density at radius 2 is 2.43 bits per heavy atom. The van der Waals surface area contributed by atoms with E-state index in [0.717, 1.165) is 11.1 Å². The summed E-state index contributed by atoms with van der Waals surface area (Å²) in [5, 5.41) is 17.5. The Bertz CT molecular complexity index is 381. The van der Waals surface area contributed by atoms with Gasteiger partial charge in [0.15, 0.2) is 0 Å². The second kappa shape index (κ2) is 3.79. The van der Waals surface area contributed by atoms with Gasteiger partial charge < -0.3 is 9.84 Å². The maximum atomic E-state index is 8.82. The van der Waals surface area contributed by atoms with Crippen LogP contribution < -0.4 is 0 Å². The highest BCUT2D eigenvalue weighted by molar-refractivity contribution is 5.40. The summed E-state index contributed by atoms with van der Waals surface area (Å²) in [5.74, 6) is 0. The van der Waals surface area contributed by atoms with E-state index in [1.165, 1.54) is 0 Å². The lowest BCUT2D eigenvalue weighted by molar-refractivity contribution is 0.0472. The van der Waals surface area contributed by atoms with Crippen molar-refractivity contribution in [3.63, 3.8) is 0 Å². The van der Waals surface area contributed by atoms with Gasteiger partial charge in [0.25, 0.3) is 0 Å². The molecule has 0 bridgehead atoms. The largest absolute Gasteiger partial charge is 0.396 e. The molecule has 1 unspecified atom stereocenters. The molecule has 1 aromatic carbocycles. The van der Waals surface area contributed by atoms with Crippen LogP contribution in [0.4, 0.5) is 0 Å². The number of rotatable bonds is 2. The van der Waals surface area contributed by atoms with E-state index in [9.17, 15) is 0 Å². The van der Waals surface area contributed by atoms with Gasteiger partial charge in [0.1, 0.15) is 0 Å². The van der Waals surface area contributed by atoms with Crippen LogP contribution in [-0.2, 0) is 11.3 Å². The normalized spacial score (nSPS) is 19.0. The molecule has 0 aliphatic carbocycles. The molecule has 1 aliphatic rings. The first-order valence-electron chi connectivity index (χ1n) is 4.60. The monoisotopic (exact) mass is 189 g/mol. The van der Waals surface area contributed by atoms with Gasteiger partial charge in [0.2, 0.25) is 0 Å². The molecule has 1 aliphatic heterocycles. The van der Waals surface area contributed by atoms with Gasteiger partial charge in [-0.05, 0) is 23.3 Å². The summed E-state index contributed by atoms with van der Waals surface area (Å²) >= 11 is 0. The molecule has 1 aromatic rings. The average Bonchev–Trinajstić information content (AvgIpc) is 2.61. The standard InChI is InChI=1S/C11H11NO2/c12-6-8-1-2-10-9(5-8)7-14-11(10)3-4-13/h1-2,5,11,13H,3-4,7H2. The van der Waals surface area contributed by atoms with Gasteiger partial charge in [-0.3, -0.25) is 0 Å². The van der Waals surface area contributed by atoms with Crippen LogP contribution in [0.25, 0.3) is 0 Å². The third kappa shape index (κ3) is 1.50. The predicted octanol–water partition coefficient (Wildman–Crippen LogP) is 1.51. The molecule has 0 aromatic heterocycles. The zero-order valence-electron chi connectivity index (χ0n) is 7.73. The van der Waals surface area contributed by atoms with Crippen LogP contribution in [0, 0.1) is 11.3 Å². The van der Waals surface area contributed by atoms with Crippen LogP contribution in [0.5, 0.6) is 0 Å². The highest BCUT2D eigenvalue weighted by atomic mass is 16.5. The van der Waals surface area contributed by atoms with Crippen molar-refractivity contribution in [2.45, 2.75) is 19.1 Å². The fraction of sp³-hybridized carbons (Fsp3) is 0.364. The molecule has 72 valence electrons. The summed E-state index contributed by atoms with van der Waals surface area (Å²) in [5.41, 5.74) is 2.84. The van der Waals surface area contributed by atoms with Gasteiger partial charge >= 0.3 is 0 Å². The quantitative estimate of drug-likeness (QED) is 0.767. The lowest BCUT2D eigenvalue weighted by atomic mass is 10.0. The topological polar surface area (TPSA) is 53.2 Å². The minimum Gasteiger partial charge on any atom is -0.396 e. The molecule has 0 fully saturated rings. The zero-order valence-corrected chi connectivity index (χ0v) is 7.73. The summed E-state index contributed by atoms with van der Waals surface area (Å²) < 4.78 is 5.49. The number of nitriles is 1. The summed E-state index contributed by atoms with van der Waals surface area (Å²) in [4.78, 5) is 0. The second-order valence-electron chi connectivity index (χ2n) is 3.34. The fourth-order valence-electron chi connectivity index (χ4n) is 1.75. The number of hydrogen-bond donors (Lipinski definition) is 1. The third-order valence-corrected chi connectivity index (χ3v) is 2.45. The molecule has 1 heterocycles. The molecule has 3 nitrogen and oxygen atoms in total. The van der Waals surface area contributed by atoms with Crippen LogP contribution in [0.3, 0.4) is 0 Å². The minimum atomic E-state index is 0.00254. The highest BCUT2D eigenvalue weighted by Gasteiger charge is 2.22. The van der Waals surface area contributed by atoms with E-state index in [1.54, 1.807) is 6.07 Å². The van der Waals surface area contributed by atoms with E-state index in [-0.39, 0.29) is 12.7 Å². The van der Waals surface area contributed by atoms with Crippen molar-refractivity contribution in [2.24, 2.45) is 0 Å². The lowest BCUT2D eigenvalue weighted by Crippen LogP contribution is -1.98. The molecule has 0 saturated carbocycles. The average molecular weight is 189 g/mol. The molecule has 2 rings (SSSR count). The molecule has 3 heteroatoms. The lowest BCUT2D eigenvalue weighted by Gasteiger charge is -2.08. The smallest absolute Gasteiger partial charge is 0.0991 e. The van der Waals surface area contributed by atoms with Gasteiger partial charge in [0, 0.05) is 13.0 Å². The number of nitrogens with zero attached hydrogens (tertiary/aromatic N) is 1. The first-order valence-corrected chi connectivity index (χ1v) is 4.60. The Morgan fingerprint density at radius 1 is 1.57 bits per heavy atom. The van der Waals surface area contributed by atoms with Crippen LogP contribution in [0.2, 0.25) is 0 Å².